The number of carboxylic acid groups (broad SMARTS) is 1. The average molecular weight is 281 g/mol. The third-order valence-electron chi connectivity index (χ3n) is 4.28. The molecule has 1 saturated carbocycles. The zero-order valence-electron chi connectivity index (χ0n) is 12.2. The summed E-state index contributed by atoms with van der Waals surface area (Å²) in [6, 6.07) is 0.283. The first kappa shape index (κ1) is 15.0. The lowest BCUT2D eigenvalue weighted by Gasteiger charge is -2.28. The van der Waals surface area contributed by atoms with Gasteiger partial charge in [-0.2, -0.15) is 0 Å². The van der Waals surface area contributed by atoms with E-state index in [4.69, 9.17) is 4.74 Å². The number of aromatic nitrogens is 3. The van der Waals surface area contributed by atoms with Gasteiger partial charge in [-0.05, 0) is 31.6 Å². The Kier molecular flexibility index (Phi) is 5.11. The third-order valence-corrected chi connectivity index (χ3v) is 4.28. The van der Waals surface area contributed by atoms with Crippen molar-refractivity contribution in [2.24, 2.45) is 5.92 Å². The monoisotopic (exact) mass is 281 g/mol. The Morgan fingerprint density at radius 3 is 2.65 bits per heavy atom. The van der Waals surface area contributed by atoms with E-state index in [1.54, 1.807) is 7.11 Å². The van der Waals surface area contributed by atoms with Crippen LogP contribution in [0.2, 0.25) is 0 Å². The van der Waals surface area contributed by atoms with Crippen LogP contribution in [0.4, 0.5) is 0 Å². The fraction of sp³-hybridized carbons (Fsp3) is 0.786. The molecular formula is C14H23N3O3. The van der Waals surface area contributed by atoms with E-state index in [1.165, 1.54) is 19.3 Å². The van der Waals surface area contributed by atoms with Crippen LogP contribution in [0.3, 0.4) is 0 Å². The van der Waals surface area contributed by atoms with Gasteiger partial charge in [0.25, 0.3) is 0 Å². The van der Waals surface area contributed by atoms with Crippen molar-refractivity contribution in [1.29, 1.82) is 0 Å². The Morgan fingerprint density at radius 1 is 1.40 bits per heavy atom. The van der Waals surface area contributed by atoms with E-state index < -0.39 is 5.97 Å². The minimum Gasteiger partial charge on any atom is -0.476 e. The predicted octanol–water partition coefficient (Wildman–Crippen LogP) is 2.31. The molecule has 6 nitrogen and oxygen atoms in total. The number of rotatable bonds is 6. The second-order valence-corrected chi connectivity index (χ2v) is 5.46. The maximum atomic E-state index is 11.2. The van der Waals surface area contributed by atoms with Crippen molar-refractivity contribution in [3.05, 3.63) is 11.4 Å². The zero-order chi connectivity index (χ0) is 14.5. The molecule has 1 heterocycles. The quantitative estimate of drug-likeness (QED) is 0.865. The molecule has 0 amide bonds. The molecule has 0 aliphatic heterocycles. The van der Waals surface area contributed by atoms with Crippen LogP contribution in [0.5, 0.6) is 0 Å². The Labute approximate surface area is 119 Å². The molecule has 1 N–H and O–H groups in total. The van der Waals surface area contributed by atoms with Gasteiger partial charge in [-0.25, -0.2) is 9.48 Å². The predicted molar refractivity (Wildman–Crippen MR) is 73.8 cm³/mol. The molecule has 0 spiro atoms. The minimum absolute atomic E-state index is 0.0691. The Morgan fingerprint density at radius 2 is 2.10 bits per heavy atom. The summed E-state index contributed by atoms with van der Waals surface area (Å²) in [6.45, 7) is 2.71. The smallest absolute Gasteiger partial charge is 0.358 e. The average Bonchev–Trinajstić information content (AvgIpc) is 2.89. The van der Waals surface area contributed by atoms with Crippen molar-refractivity contribution in [2.75, 3.05) is 13.7 Å². The maximum Gasteiger partial charge on any atom is 0.358 e. The Hall–Kier alpha value is -1.43. The van der Waals surface area contributed by atoms with Crippen molar-refractivity contribution in [2.45, 2.75) is 51.5 Å². The minimum atomic E-state index is -1.01. The number of methoxy groups -OCH3 is 1. The first-order valence-electron chi connectivity index (χ1n) is 7.33. The van der Waals surface area contributed by atoms with Crippen LogP contribution in [-0.2, 0) is 11.2 Å². The van der Waals surface area contributed by atoms with Crippen molar-refractivity contribution >= 4 is 5.97 Å². The summed E-state index contributed by atoms with van der Waals surface area (Å²) in [5.74, 6) is -0.208. The highest BCUT2D eigenvalue weighted by Crippen LogP contribution is 2.34. The van der Waals surface area contributed by atoms with Crippen LogP contribution >= 0.6 is 0 Å². The van der Waals surface area contributed by atoms with Gasteiger partial charge in [-0.1, -0.05) is 18.6 Å². The lowest BCUT2D eigenvalue weighted by molar-refractivity contribution is 0.0688. The number of ether oxygens (including phenoxy) is 1. The van der Waals surface area contributed by atoms with Crippen LogP contribution in [0.1, 0.15) is 61.3 Å². The Bertz CT molecular complexity index is 451. The van der Waals surface area contributed by atoms with Crippen LogP contribution in [0.15, 0.2) is 0 Å². The van der Waals surface area contributed by atoms with E-state index in [9.17, 15) is 9.90 Å². The van der Waals surface area contributed by atoms with E-state index in [1.807, 2.05) is 4.68 Å². The first-order chi connectivity index (χ1) is 9.67. The van der Waals surface area contributed by atoms with E-state index in [0.29, 0.717) is 18.7 Å². The molecule has 112 valence electrons. The van der Waals surface area contributed by atoms with Gasteiger partial charge in [0, 0.05) is 13.5 Å². The molecule has 1 aliphatic rings. The maximum absolute atomic E-state index is 11.2. The number of carboxylic acids is 1. The topological polar surface area (TPSA) is 77.2 Å². The van der Waals surface area contributed by atoms with Gasteiger partial charge in [0.1, 0.15) is 0 Å². The molecule has 0 atom stereocenters. The summed E-state index contributed by atoms with van der Waals surface area (Å²) in [5.41, 5.74) is 0.763. The van der Waals surface area contributed by atoms with Crippen LogP contribution in [-0.4, -0.2) is 39.8 Å². The summed E-state index contributed by atoms with van der Waals surface area (Å²) in [7, 11) is 1.61. The van der Waals surface area contributed by atoms with Crippen LogP contribution < -0.4 is 0 Å². The fourth-order valence-corrected chi connectivity index (χ4v) is 3.00. The van der Waals surface area contributed by atoms with E-state index >= 15 is 0 Å². The van der Waals surface area contributed by atoms with Crippen LogP contribution in [0, 0.1) is 5.92 Å². The molecule has 1 aromatic heterocycles. The van der Waals surface area contributed by atoms with Gasteiger partial charge in [0.2, 0.25) is 0 Å². The molecule has 20 heavy (non-hydrogen) atoms. The van der Waals surface area contributed by atoms with Crippen molar-refractivity contribution in [3.63, 3.8) is 0 Å². The largest absolute Gasteiger partial charge is 0.476 e. The molecule has 0 saturated heterocycles. The number of aromatic carboxylic acids is 1. The lowest BCUT2D eigenvalue weighted by Crippen LogP contribution is -2.21. The number of hydrogen-bond donors (Lipinski definition) is 1. The summed E-state index contributed by atoms with van der Waals surface area (Å²) in [4.78, 5) is 11.2. The highest BCUT2D eigenvalue weighted by Gasteiger charge is 2.27. The van der Waals surface area contributed by atoms with E-state index in [2.05, 4.69) is 17.2 Å². The number of carbonyl (C=O) groups is 1. The van der Waals surface area contributed by atoms with E-state index in [-0.39, 0.29) is 11.7 Å². The molecule has 0 radical (unpaired) electrons. The standard InChI is InChI=1S/C14H23N3O3/c1-3-10-4-6-11(7-5-10)17-12(8-9-20-2)13(14(18)19)15-16-17/h10-11H,3-9H2,1-2H3,(H,18,19). The molecule has 2 rings (SSSR count). The van der Waals surface area contributed by atoms with Crippen molar-refractivity contribution in [3.8, 4) is 0 Å². The first-order valence-corrected chi connectivity index (χ1v) is 7.33. The molecular weight excluding hydrogens is 258 g/mol. The Balaban J connectivity index is 2.16. The molecule has 0 bridgehead atoms. The van der Waals surface area contributed by atoms with Gasteiger partial charge in [0.05, 0.1) is 18.3 Å². The van der Waals surface area contributed by atoms with Crippen molar-refractivity contribution < 1.29 is 14.6 Å². The highest BCUT2D eigenvalue weighted by atomic mass is 16.5. The summed E-state index contributed by atoms with van der Waals surface area (Å²) in [5, 5.41) is 17.1. The summed E-state index contributed by atoms with van der Waals surface area (Å²) < 4.78 is 6.89. The van der Waals surface area contributed by atoms with Gasteiger partial charge >= 0.3 is 5.97 Å². The highest BCUT2D eigenvalue weighted by molar-refractivity contribution is 5.86. The van der Waals surface area contributed by atoms with Crippen LogP contribution in [0.25, 0.3) is 0 Å². The molecule has 0 unspecified atom stereocenters. The normalized spacial score (nSPS) is 22.9. The summed E-state index contributed by atoms with van der Waals surface area (Å²) >= 11 is 0. The third kappa shape index (κ3) is 3.17. The number of nitrogens with zero attached hydrogens (tertiary/aromatic N) is 3. The molecule has 1 fully saturated rings. The molecule has 1 aromatic rings. The summed E-state index contributed by atoms with van der Waals surface area (Å²) in [6.07, 6.45) is 6.25. The second-order valence-electron chi connectivity index (χ2n) is 5.46. The second kappa shape index (κ2) is 6.83. The van der Waals surface area contributed by atoms with Gasteiger partial charge in [-0.3, -0.25) is 0 Å². The molecule has 6 heteroatoms. The lowest BCUT2D eigenvalue weighted by atomic mass is 9.84. The number of hydrogen-bond acceptors (Lipinski definition) is 4. The zero-order valence-corrected chi connectivity index (χ0v) is 12.2. The van der Waals surface area contributed by atoms with E-state index in [0.717, 1.165) is 18.8 Å². The molecule has 0 aromatic carbocycles. The van der Waals surface area contributed by atoms with Gasteiger partial charge in [-0.15, -0.1) is 5.10 Å². The fourth-order valence-electron chi connectivity index (χ4n) is 3.00. The van der Waals surface area contributed by atoms with Gasteiger partial charge < -0.3 is 9.84 Å². The molecule has 1 aliphatic carbocycles. The van der Waals surface area contributed by atoms with Crippen molar-refractivity contribution in [1.82, 2.24) is 15.0 Å². The van der Waals surface area contributed by atoms with Gasteiger partial charge in [0.15, 0.2) is 5.69 Å². The SMILES string of the molecule is CCC1CCC(n2nnc(C(=O)O)c2CCOC)CC1.